The van der Waals surface area contributed by atoms with Crippen molar-refractivity contribution in [3.05, 3.63) is 84.6 Å². The van der Waals surface area contributed by atoms with Gasteiger partial charge in [0.25, 0.3) is 0 Å². The first-order chi connectivity index (χ1) is 11.3. The van der Waals surface area contributed by atoms with Gasteiger partial charge in [-0.25, -0.2) is 9.97 Å². The Morgan fingerprint density at radius 2 is 1.35 bits per heavy atom. The lowest BCUT2D eigenvalue weighted by molar-refractivity contribution is 1.12. The highest BCUT2D eigenvalue weighted by atomic mass is 14.9. The normalized spacial score (nSPS) is 10.8. The van der Waals surface area contributed by atoms with Gasteiger partial charge in [-0.1, -0.05) is 66.7 Å². The predicted molar refractivity (Wildman–Crippen MR) is 95.1 cm³/mol. The predicted octanol–water partition coefficient (Wildman–Crippen LogP) is 5.27. The van der Waals surface area contributed by atoms with Crippen molar-refractivity contribution < 1.29 is 0 Å². The minimum Gasteiger partial charge on any atom is -0.233 e. The van der Waals surface area contributed by atoms with Crippen LogP contribution in [-0.4, -0.2) is 9.97 Å². The van der Waals surface area contributed by atoms with Gasteiger partial charge < -0.3 is 0 Å². The Balaban J connectivity index is 1.86. The maximum absolute atomic E-state index is 4.77. The number of fused-ring (bicyclic) bond motifs is 1. The quantitative estimate of drug-likeness (QED) is 0.503. The maximum atomic E-state index is 4.77. The lowest BCUT2D eigenvalue weighted by Crippen LogP contribution is -1.95. The number of aryl methyl sites for hydroxylation is 1. The molecule has 0 saturated carbocycles. The first-order valence-electron chi connectivity index (χ1n) is 7.70. The van der Waals surface area contributed by atoms with Gasteiger partial charge in [0.15, 0.2) is 5.82 Å². The van der Waals surface area contributed by atoms with Crippen molar-refractivity contribution in [2.24, 2.45) is 0 Å². The van der Waals surface area contributed by atoms with Crippen LogP contribution in [0.2, 0.25) is 0 Å². The zero-order valence-corrected chi connectivity index (χ0v) is 12.9. The Kier molecular flexibility index (Phi) is 3.35. The van der Waals surface area contributed by atoms with Crippen LogP contribution in [0.3, 0.4) is 0 Å². The molecule has 0 saturated heterocycles. The second-order valence-electron chi connectivity index (χ2n) is 5.65. The average molecular weight is 296 g/mol. The Morgan fingerprint density at radius 1 is 0.609 bits per heavy atom. The van der Waals surface area contributed by atoms with E-state index in [0.29, 0.717) is 0 Å². The average Bonchev–Trinajstić information content (AvgIpc) is 2.61. The smallest absolute Gasteiger partial charge is 0.160 e. The zero-order valence-electron chi connectivity index (χ0n) is 12.9. The first-order valence-corrected chi connectivity index (χ1v) is 7.70. The molecule has 0 N–H and O–H groups in total. The van der Waals surface area contributed by atoms with Crippen molar-refractivity contribution in [1.29, 1.82) is 0 Å². The Morgan fingerprint density at radius 3 is 2.17 bits per heavy atom. The van der Waals surface area contributed by atoms with Crippen molar-refractivity contribution in [2.75, 3.05) is 0 Å². The third-order valence-electron chi connectivity index (χ3n) is 3.93. The van der Waals surface area contributed by atoms with Crippen LogP contribution in [-0.2, 0) is 0 Å². The number of benzene rings is 3. The molecule has 2 heteroatoms. The summed E-state index contributed by atoms with van der Waals surface area (Å²) >= 11 is 0. The molecule has 1 aromatic heterocycles. The molecular weight excluding hydrogens is 280 g/mol. The van der Waals surface area contributed by atoms with Crippen LogP contribution >= 0.6 is 0 Å². The molecule has 0 amide bonds. The van der Waals surface area contributed by atoms with E-state index in [0.717, 1.165) is 28.3 Å². The molecule has 0 atom stereocenters. The molecule has 0 bridgehead atoms. The molecule has 2 nitrogen and oxygen atoms in total. The molecule has 0 fully saturated rings. The van der Waals surface area contributed by atoms with Crippen LogP contribution in [0, 0.1) is 6.92 Å². The van der Waals surface area contributed by atoms with Crippen molar-refractivity contribution in [3.8, 4) is 22.6 Å². The number of hydrogen-bond donors (Lipinski definition) is 0. The minimum atomic E-state index is 0.772. The van der Waals surface area contributed by atoms with E-state index in [1.54, 1.807) is 0 Å². The maximum Gasteiger partial charge on any atom is 0.160 e. The fraction of sp³-hybridized carbons (Fsp3) is 0.0476. The highest BCUT2D eigenvalue weighted by Gasteiger charge is 2.07. The van der Waals surface area contributed by atoms with Gasteiger partial charge >= 0.3 is 0 Å². The summed E-state index contributed by atoms with van der Waals surface area (Å²) in [5.74, 6) is 0.772. The highest BCUT2D eigenvalue weighted by Crippen LogP contribution is 2.25. The van der Waals surface area contributed by atoms with Gasteiger partial charge in [0.05, 0.1) is 5.69 Å². The lowest BCUT2D eigenvalue weighted by atomic mass is 10.0. The summed E-state index contributed by atoms with van der Waals surface area (Å²) in [5, 5.41) is 2.47. The molecule has 4 rings (SSSR count). The van der Waals surface area contributed by atoms with Gasteiger partial charge in [0.1, 0.15) is 0 Å². The fourth-order valence-corrected chi connectivity index (χ4v) is 2.78. The molecule has 0 aliphatic heterocycles. The summed E-state index contributed by atoms with van der Waals surface area (Å²) < 4.78 is 0. The third kappa shape index (κ3) is 2.71. The minimum absolute atomic E-state index is 0.772. The topological polar surface area (TPSA) is 25.8 Å². The highest BCUT2D eigenvalue weighted by molar-refractivity contribution is 5.86. The second-order valence-corrected chi connectivity index (χ2v) is 5.65. The van der Waals surface area contributed by atoms with E-state index in [-0.39, 0.29) is 0 Å². The zero-order chi connectivity index (χ0) is 15.6. The largest absolute Gasteiger partial charge is 0.233 e. The number of nitrogens with zero attached hydrogens (tertiary/aromatic N) is 2. The van der Waals surface area contributed by atoms with E-state index in [1.165, 1.54) is 10.8 Å². The molecular formula is C21H16N2. The lowest BCUT2D eigenvalue weighted by Gasteiger charge is -2.07. The van der Waals surface area contributed by atoms with E-state index in [2.05, 4.69) is 47.4 Å². The van der Waals surface area contributed by atoms with Crippen molar-refractivity contribution >= 4 is 10.8 Å². The monoisotopic (exact) mass is 296 g/mol. The first kappa shape index (κ1) is 13.6. The van der Waals surface area contributed by atoms with Gasteiger partial charge in [0, 0.05) is 16.8 Å². The van der Waals surface area contributed by atoms with E-state index >= 15 is 0 Å². The van der Waals surface area contributed by atoms with Crippen molar-refractivity contribution in [2.45, 2.75) is 6.92 Å². The van der Waals surface area contributed by atoms with E-state index in [1.807, 2.05) is 43.3 Å². The standard InChI is InChI=1S/C21H16N2/c1-15-13-20(23-21(22-15)17-8-3-2-4-9-17)19-12-11-16-7-5-6-10-18(16)14-19/h2-14H,1H3. The summed E-state index contributed by atoms with van der Waals surface area (Å²) in [6.07, 6.45) is 0. The summed E-state index contributed by atoms with van der Waals surface area (Å²) in [6.45, 7) is 2.01. The summed E-state index contributed by atoms with van der Waals surface area (Å²) in [6, 6.07) is 27.0. The second kappa shape index (κ2) is 5.65. The molecule has 110 valence electrons. The van der Waals surface area contributed by atoms with E-state index in [4.69, 9.17) is 4.98 Å². The Bertz CT molecular complexity index is 975. The van der Waals surface area contributed by atoms with Crippen LogP contribution < -0.4 is 0 Å². The molecule has 0 aliphatic carbocycles. The van der Waals surface area contributed by atoms with Crippen LogP contribution in [0.5, 0.6) is 0 Å². The molecule has 4 aromatic rings. The molecule has 0 aliphatic rings. The summed E-state index contributed by atoms with van der Waals surface area (Å²) in [4.78, 5) is 9.35. The van der Waals surface area contributed by atoms with Crippen molar-refractivity contribution in [1.82, 2.24) is 9.97 Å². The number of rotatable bonds is 2. The van der Waals surface area contributed by atoms with Crippen LogP contribution in [0.4, 0.5) is 0 Å². The van der Waals surface area contributed by atoms with Gasteiger partial charge in [-0.2, -0.15) is 0 Å². The molecule has 3 aromatic carbocycles. The number of aromatic nitrogens is 2. The fourth-order valence-electron chi connectivity index (χ4n) is 2.78. The van der Waals surface area contributed by atoms with Crippen LogP contribution in [0.1, 0.15) is 5.69 Å². The Labute approximate surface area is 135 Å². The van der Waals surface area contributed by atoms with Gasteiger partial charge in [-0.05, 0) is 29.8 Å². The van der Waals surface area contributed by atoms with Crippen LogP contribution in [0.25, 0.3) is 33.4 Å². The molecule has 23 heavy (non-hydrogen) atoms. The van der Waals surface area contributed by atoms with Gasteiger partial charge in [-0.15, -0.1) is 0 Å². The number of hydrogen-bond acceptors (Lipinski definition) is 2. The molecule has 0 radical (unpaired) electrons. The van der Waals surface area contributed by atoms with E-state index in [9.17, 15) is 0 Å². The third-order valence-corrected chi connectivity index (χ3v) is 3.93. The molecule has 1 heterocycles. The SMILES string of the molecule is Cc1cc(-c2ccc3ccccc3c2)nc(-c2ccccc2)n1. The molecule has 0 spiro atoms. The van der Waals surface area contributed by atoms with Gasteiger partial charge in [0.2, 0.25) is 0 Å². The summed E-state index contributed by atoms with van der Waals surface area (Å²) in [5.41, 5.74) is 4.09. The van der Waals surface area contributed by atoms with Crippen LogP contribution in [0.15, 0.2) is 78.9 Å². The van der Waals surface area contributed by atoms with E-state index < -0.39 is 0 Å². The summed E-state index contributed by atoms with van der Waals surface area (Å²) in [7, 11) is 0. The van der Waals surface area contributed by atoms with Crippen molar-refractivity contribution in [3.63, 3.8) is 0 Å². The molecule has 0 unspecified atom stereocenters. The Hall–Kier alpha value is -3.00. The van der Waals surface area contributed by atoms with Gasteiger partial charge in [-0.3, -0.25) is 0 Å².